The molecule has 0 fully saturated rings. The standard InChI is InChI=1S/C26H31F3N4O3S/c1-15-10-20(31-12-16-8-9-30-13-21(16)36-14-26(2,3)35-4)23(24(34)32-15)25(37)33-19-7-5-6-18(27)17(19)11-22(28)29/h5-9,13,15,22,31H,10-12,14H2,1-4H3,(H,32,34)(H,33,37)/t15-/m1/s1. The lowest BCUT2D eigenvalue weighted by atomic mass is 10.0. The Morgan fingerprint density at radius 1 is 1.32 bits per heavy atom. The number of alkyl halides is 2. The molecule has 7 nitrogen and oxygen atoms in total. The molecule has 3 rings (SSSR count). The molecular weight excluding hydrogens is 505 g/mol. The summed E-state index contributed by atoms with van der Waals surface area (Å²) < 4.78 is 51.7. The van der Waals surface area contributed by atoms with Gasteiger partial charge < -0.3 is 25.4 Å². The number of amides is 1. The molecule has 0 unspecified atom stereocenters. The second-order valence-corrected chi connectivity index (χ2v) is 9.75. The minimum Gasteiger partial charge on any atom is -0.489 e. The largest absolute Gasteiger partial charge is 0.489 e. The maximum Gasteiger partial charge on any atom is 0.256 e. The third kappa shape index (κ3) is 7.65. The van der Waals surface area contributed by atoms with E-state index in [4.69, 9.17) is 21.7 Å². The number of pyridine rings is 1. The smallest absolute Gasteiger partial charge is 0.256 e. The van der Waals surface area contributed by atoms with Crippen molar-refractivity contribution in [2.24, 2.45) is 0 Å². The number of anilines is 1. The van der Waals surface area contributed by atoms with Gasteiger partial charge >= 0.3 is 0 Å². The van der Waals surface area contributed by atoms with E-state index < -0.39 is 30.2 Å². The lowest BCUT2D eigenvalue weighted by Crippen LogP contribution is -2.44. The lowest BCUT2D eigenvalue weighted by molar-refractivity contribution is -0.118. The molecule has 1 aromatic carbocycles. The maximum absolute atomic E-state index is 14.3. The molecule has 0 aliphatic carbocycles. The van der Waals surface area contributed by atoms with Crippen LogP contribution in [-0.2, 0) is 22.5 Å². The van der Waals surface area contributed by atoms with Crippen LogP contribution in [0.2, 0.25) is 0 Å². The number of halogens is 3. The second-order valence-electron chi connectivity index (χ2n) is 9.34. The lowest BCUT2D eigenvalue weighted by Gasteiger charge is -2.28. The predicted molar refractivity (Wildman–Crippen MR) is 139 cm³/mol. The summed E-state index contributed by atoms with van der Waals surface area (Å²) in [6.45, 7) is 6.27. The highest BCUT2D eigenvalue weighted by molar-refractivity contribution is 7.81. The van der Waals surface area contributed by atoms with Crippen molar-refractivity contribution < 1.29 is 27.4 Å². The number of hydrogen-bond donors (Lipinski definition) is 3. The highest BCUT2D eigenvalue weighted by Crippen LogP contribution is 2.26. The molecule has 0 spiro atoms. The quantitative estimate of drug-likeness (QED) is 0.364. The zero-order chi connectivity index (χ0) is 27.2. The average molecular weight is 537 g/mol. The number of carbonyl (C=O) groups is 1. The third-order valence-electron chi connectivity index (χ3n) is 5.86. The van der Waals surface area contributed by atoms with E-state index >= 15 is 0 Å². The van der Waals surface area contributed by atoms with Crippen molar-refractivity contribution >= 4 is 28.8 Å². The Kier molecular flexibility index (Phi) is 9.50. The van der Waals surface area contributed by atoms with Crippen molar-refractivity contribution in [3.63, 3.8) is 0 Å². The summed E-state index contributed by atoms with van der Waals surface area (Å²) in [5.74, 6) is -0.629. The number of nitrogens with zero attached hydrogens (tertiary/aromatic N) is 1. The zero-order valence-corrected chi connectivity index (χ0v) is 22.0. The summed E-state index contributed by atoms with van der Waals surface area (Å²) in [5, 5.41) is 8.92. The summed E-state index contributed by atoms with van der Waals surface area (Å²) in [7, 11) is 1.61. The van der Waals surface area contributed by atoms with E-state index in [1.165, 1.54) is 12.1 Å². The number of hydrogen-bond acceptors (Lipinski definition) is 6. The molecule has 0 saturated carbocycles. The van der Waals surface area contributed by atoms with Crippen LogP contribution < -0.4 is 20.7 Å². The Balaban J connectivity index is 1.84. The van der Waals surface area contributed by atoms with Gasteiger partial charge in [0.2, 0.25) is 6.43 Å². The Morgan fingerprint density at radius 2 is 2.08 bits per heavy atom. The fourth-order valence-corrected chi connectivity index (χ4v) is 4.04. The molecule has 1 atom stereocenters. The van der Waals surface area contributed by atoms with Crippen LogP contribution in [0.15, 0.2) is 47.9 Å². The van der Waals surface area contributed by atoms with E-state index in [1.54, 1.807) is 25.6 Å². The predicted octanol–water partition coefficient (Wildman–Crippen LogP) is 4.52. The number of thiocarbonyl (C=S) groups is 1. The van der Waals surface area contributed by atoms with E-state index in [2.05, 4.69) is 20.9 Å². The molecule has 0 bridgehead atoms. The van der Waals surface area contributed by atoms with Crippen LogP contribution in [-0.4, -0.2) is 47.7 Å². The van der Waals surface area contributed by atoms with Crippen molar-refractivity contribution in [3.05, 3.63) is 64.9 Å². The molecule has 1 amide bonds. The number of aromatic nitrogens is 1. The Morgan fingerprint density at radius 3 is 2.78 bits per heavy atom. The summed E-state index contributed by atoms with van der Waals surface area (Å²) in [6.07, 6.45) is 0.170. The molecule has 11 heteroatoms. The highest BCUT2D eigenvalue weighted by Gasteiger charge is 2.28. The molecule has 1 aliphatic heterocycles. The van der Waals surface area contributed by atoms with Crippen LogP contribution >= 0.6 is 12.2 Å². The van der Waals surface area contributed by atoms with Crippen LogP contribution in [0.3, 0.4) is 0 Å². The maximum atomic E-state index is 14.3. The fourth-order valence-electron chi connectivity index (χ4n) is 3.71. The first-order valence-corrected chi connectivity index (χ1v) is 12.2. The molecule has 200 valence electrons. The SMILES string of the molecule is COC(C)(C)COc1cnccc1CNC1=C(C(=S)Nc2cccc(F)c2CC(F)F)C(=O)N[C@H](C)C1. The van der Waals surface area contributed by atoms with Crippen molar-refractivity contribution in [2.75, 3.05) is 19.0 Å². The van der Waals surface area contributed by atoms with Crippen LogP contribution in [0.1, 0.15) is 38.3 Å². The Labute approximate surface area is 219 Å². The number of rotatable bonds is 11. The van der Waals surface area contributed by atoms with Gasteiger partial charge in [-0.3, -0.25) is 9.78 Å². The normalized spacial score (nSPS) is 16.0. The molecule has 37 heavy (non-hydrogen) atoms. The van der Waals surface area contributed by atoms with Gasteiger partial charge in [0.25, 0.3) is 5.91 Å². The van der Waals surface area contributed by atoms with Gasteiger partial charge in [0.1, 0.15) is 23.2 Å². The molecule has 0 radical (unpaired) electrons. The monoisotopic (exact) mass is 536 g/mol. The van der Waals surface area contributed by atoms with Crippen LogP contribution in [0.25, 0.3) is 0 Å². The minimum atomic E-state index is -2.74. The summed E-state index contributed by atoms with van der Waals surface area (Å²) in [6, 6.07) is 5.58. The van der Waals surface area contributed by atoms with E-state index in [0.29, 0.717) is 31.0 Å². The number of benzene rings is 1. The van der Waals surface area contributed by atoms with Gasteiger partial charge in [-0.25, -0.2) is 13.2 Å². The van der Waals surface area contributed by atoms with Crippen molar-refractivity contribution in [1.82, 2.24) is 15.6 Å². The Hall–Kier alpha value is -3.18. The van der Waals surface area contributed by atoms with Gasteiger partial charge in [0.15, 0.2) is 0 Å². The second kappa shape index (κ2) is 12.4. The van der Waals surface area contributed by atoms with Crippen molar-refractivity contribution in [1.29, 1.82) is 0 Å². The van der Waals surface area contributed by atoms with Gasteiger partial charge in [-0.15, -0.1) is 0 Å². The average Bonchev–Trinajstić information content (AvgIpc) is 2.83. The Bertz CT molecular complexity index is 1170. The van der Waals surface area contributed by atoms with E-state index in [1.807, 2.05) is 20.8 Å². The summed E-state index contributed by atoms with van der Waals surface area (Å²) in [5.41, 5.74) is 0.935. The first-order valence-electron chi connectivity index (χ1n) is 11.8. The molecule has 1 aliphatic rings. The number of carbonyl (C=O) groups excluding carboxylic acids is 1. The minimum absolute atomic E-state index is 0.000984. The summed E-state index contributed by atoms with van der Waals surface area (Å²) >= 11 is 5.49. The van der Waals surface area contributed by atoms with Crippen molar-refractivity contribution in [3.8, 4) is 5.75 Å². The van der Waals surface area contributed by atoms with Gasteiger partial charge in [-0.2, -0.15) is 0 Å². The number of ether oxygens (including phenoxy) is 2. The molecule has 3 N–H and O–H groups in total. The van der Waals surface area contributed by atoms with E-state index in [-0.39, 0.29) is 27.9 Å². The first-order chi connectivity index (χ1) is 17.5. The zero-order valence-electron chi connectivity index (χ0n) is 21.2. The van der Waals surface area contributed by atoms with Gasteiger partial charge in [-0.1, -0.05) is 18.3 Å². The fraction of sp³-hybridized carbons (Fsp3) is 0.423. The van der Waals surface area contributed by atoms with Crippen LogP contribution in [0, 0.1) is 5.82 Å². The van der Waals surface area contributed by atoms with Crippen LogP contribution in [0.4, 0.5) is 18.9 Å². The molecular formula is C26H31F3N4O3S. The van der Waals surface area contributed by atoms with Gasteiger partial charge in [0, 0.05) is 61.2 Å². The molecule has 0 saturated heterocycles. The summed E-state index contributed by atoms with van der Waals surface area (Å²) in [4.78, 5) is 17.1. The first kappa shape index (κ1) is 28.4. The number of methoxy groups -OCH3 is 1. The van der Waals surface area contributed by atoms with E-state index in [0.717, 1.165) is 11.6 Å². The molecule has 2 aromatic rings. The van der Waals surface area contributed by atoms with Gasteiger partial charge in [0.05, 0.1) is 17.4 Å². The van der Waals surface area contributed by atoms with Crippen molar-refractivity contribution in [2.45, 2.75) is 58.2 Å². The molecule has 1 aromatic heterocycles. The van der Waals surface area contributed by atoms with Gasteiger partial charge in [-0.05, 0) is 39.0 Å². The molecule has 2 heterocycles. The number of nitrogens with one attached hydrogen (secondary N) is 3. The van der Waals surface area contributed by atoms with E-state index in [9.17, 15) is 18.0 Å². The highest BCUT2D eigenvalue weighted by atomic mass is 32.1. The van der Waals surface area contributed by atoms with Crippen LogP contribution in [0.5, 0.6) is 5.75 Å². The third-order valence-corrected chi connectivity index (χ3v) is 6.17. The topological polar surface area (TPSA) is 84.5 Å².